The first-order chi connectivity index (χ1) is 14.6. The number of benzene rings is 2. The second kappa shape index (κ2) is 10.1. The number of nitrogens with zero attached hydrogens (tertiary/aromatic N) is 2. The molecule has 166 valence electrons. The lowest BCUT2D eigenvalue weighted by Gasteiger charge is -2.13. The van der Waals surface area contributed by atoms with E-state index in [1.807, 2.05) is 13.0 Å². The molecule has 0 spiro atoms. The molecular formula is C22H24F3N3O3. The van der Waals surface area contributed by atoms with E-state index in [0.717, 1.165) is 17.7 Å². The zero-order chi connectivity index (χ0) is 23.2. The highest BCUT2D eigenvalue weighted by Gasteiger charge is 2.31. The fourth-order valence-corrected chi connectivity index (χ4v) is 2.94. The molecule has 9 heteroatoms. The van der Waals surface area contributed by atoms with E-state index in [0.29, 0.717) is 28.0 Å². The van der Waals surface area contributed by atoms with Crippen molar-refractivity contribution < 1.29 is 27.6 Å². The van der Waals surface area contributed by atoms with E-state index >= 15 is 0 Å². The van der Waals surface area contributed by atoms with Crippen LogP contribution >= 0.6 is 0 Å². The number of nitrogens with one attached hydrogen (secondary N) is 1. The lowest BCUT2D eigenvalue weighted by Crippen LogP contribution is -2.29. The van der Waals surface area contributed by atoms with E-state index in [1.165, 1.54) is 14.2 Å². The third kappa shape index (κ3) is 6.07. The van der Waals surface area contributed by atoms with E-state index in [4.69, 9.17) is 9.68 Å². The molecular weight excluding hydrogens is 411 g/mol. The Morgan fingerprint density at radius 3 is 2.45 bits per heavy atom. The van der Waals surface area contributed by atoms with Gasteiger partial charge < -0.3 is 15.0 Å². The summed E-state index contributed by atoms with van der Waals surface area (Å²) in [6.45, 7) is 4.97. The number of likely N-dealkylation sites (N-methyl/N-ethyl adjacent to an activating group) is 1. The molecule has 2 aromatic rings. The van der Waals surface area contributed by atoms with Crippen molar-refractivity contribution in [3.05, 3.63) is 69.8 Å². The van der Waals surface area contributed by atoms with Crippen LogP contribution in [-0.2, 0) is 27.3 Å². The molecule has 6 nitrogen and oxygen atoms in total. The number of hydrogen-bond donors (Lipinski definition) is 1. The van der Waals surface area contributed by atoms with Crippen molar-refractivity contribution in [1.82, 2.24) is 5.32 Å². The van der Waals surface area contributed by atoms with E-state index in [1.54, 1.807) is 32.0 Å². The molecule has 0 unspecified atom stereocenters. The minimum Gasteiger partial charge on any atom is -0.398 e. The van der Waals surface area contributed by atoms with Gasteiger partial charge in [0.15, 0.2) is 5.71 Å². The first-order valence-corrected chi connectivity index (χ1v) is 9.36. The first kappa shape index (κ1) is 23.9. The topological polar surface area (TPSA) is 72.3 Å². The SMILES string of the molecule is CNC(=O)/C(=N/OC)c1cccc(C)c1CO/N=C(\C)c1cc(C)cc(C(F)(F)F)c1. The predicted molar refractivity (Wildman–Crippen MR) is 112 cm³/mol. The van der Waals surface area contributed by atoms with E-state index < -0.39 is 17.6 Å². The quantitative estimate of drug-likeness (QED) is 0.519. The normalized spacial score (nSPS) is 12.5. The van der Waals surface area contributed by atoms with Crippen molar-refractivity contribution in [2.24, 2.45) is 10.3 Å². The molecule has 0 saturated heterocycles. The first-order valence-electron chi connectivity index (χ1n) is 9.36. The predicted octanol–water partition coefficient (Wildman–Crippen LogP) is 4.36. The average Bonchev–Trinajstić information content (AvgIpc) is 2.71. The largest absolute Gasteiger partial charge is 0.416 e. The fraction of sp³-hybridized carbons (Fsp3) is 0.318. The smallest absolute Gasteiger partial charge is 0.398 e. The van der Waals surface area contributed by atoms with Gasteiger partial charge in [0.25, 0.3) is 5.91 Å². The number of oxime groups is 2. The minimum absolute atomic E-state index is 0.0168. The highest BCUT2D eigenvalue weighted by Crippen LogP contribution is 2.30. The summed E-state index contributed by atoms with van der Waals surface area (Å²) >= 11 is 0. The Hall–Kier alpha value is -3.36. The van der Waals surface area contributed by atoms with E-state index in [9.17, 15) is 18.0 Å². The van der Waals surface area contributed by atoms with Crippen LogP contribution in [-0.4, -0.2) is 31.5 Å². The Balaban J connectivity index is 2.32. The molecule has 0 aliphatic heterocycles. The van der Waals surface area contributed by atoms with Gasteiger partial charge in [0, 0.05) is 18.2 Å². The molecule has 0 fully saturated rings. The number of amides is 1. The molecule has 0 atom stereocenters. The molecule has 0 radical (unpaired) electrons. The molecule has 2 aromatic carbocycles. The monoisotopic (exact) mass is 435 g/mol. The summed E-state index contributed by atoms with van der Waals surface area (Å²) in [6, 6.07) is 9.01. The zero-order valence-corrected chi connectivity index (χ0v) is 17.9. The van der Waals surface area contributed by atoms with Gasteiger partial charge in [-0.25, -0.2) is 0 Å². The number of hydrogen-bond acceptors (Lipinski definition) is 5. The maximum absolute atomic E-state index is 13.1. The molecule has 0 heterocycles. The van der Waals surface area contributed by atoms with Crippen LogP contribution in [0.5, 0.6) is 0 Å². The van der Waals surface area contributed by atoms with Gasteiger partial charge in [0.05, 0.1) is 11.3 Å². The number of carbonyl (C=O) groups excluding carboxylic acids is 1. The Morgan fingerprint density at radius 2 is 1.84 bits per heavy atom. The summed E-state index contributed by atoms with van der Waals surface area (Å²) in [5.74, 6) is -0.437. The lowest BCUT2D eigenvalue weighted by molar-refractivity contribution is -0.137. The second-order valence-corrected chi connectivity index (χ2v) is 6.84. The maximum atomic E-state index is 13.1. The summed E-state index contributed by atoms with van der Waals surface area (Å²) in [7, 11) is 2.81. The summed E-state index contributed by atoms with van der Waals surface area (Å²) in [5, 5.41) is 10.3. The summed E-state index contributed by atoms with van der Waals surface area (Å²) in [5.41, 5.74) is 2.37. The lowest BCUT2D eigenvalue weighted by atomic mass is 9.98. The number of alkyl halides is 3. The number of halogens is 3. The molecule has 1 N–H and O–H groups in total. The summed E-state index contributed by atoms with van der Waals surface area (Å²) < 4.78 is 39.2. The molecule has 31 heavy (non-hydrogen) atoms. The van der Waals surface area contributed by atoms with Crippen molar-refractivity contribution in [1.29, 1.82) is 0 Å². The Bertz CT molecular complexity index is 1010. The van der Waals surface area contributed by atoms with Crippen LogP contribution < -0.4 is 5.32 Å². The maximum Gasteiger partial charge on any atom is 0.416 e. The number of carbonyl (C=O) groups is 1. The summed E-state index contributed by atoms with van der Waals surface area (Å²) in [6.07, 6.45) is -4.45. The Kier molecular flexibility index (Phi) is 7.79. The van der Waals surface area contributed by atoms with Gasteiger partial charge in [-0.15, -0.1) is 0 Å². The van der Waals surface area contributed by atoms with Gasteiger partial charge in [-0.05, 0) is 49.6 Å². The van der Waals surface area contributed by atoms with Gasteiger partial charge in [0.1, 0.15) is 13.7 Å². The van der Waals surface area contributed by atoms with E-state index in [2.05, 4.69) is 15.6 Å². The molecule has 2 rings (SSSR count). The Labute approximate surface area is 178 Å². The minimum atomic E-state index is -4.45. The van der Waals surface area contributed by atoms with Crippen LogP contribution in [0.15, 0.2) is 46.7 Å². The van der Waals surface area contributed by atoms with Crippen LogP contribution in [0.25, 0.3) is 0 Å². The van der Waals surface area contributed by atoms with Crippen LogP contribution in [0.1, 0.15) is 40.3 Å². The van der Waals surface area contributed by atoms with Crippen molar-refractivity contribution in [3.63, 3.8) is 0 Å². The molecule has 1 amide bonds. The number of aryl methyl sites for hydroxylation is 2. The molecule has 0 saturated carbocycles. The van der Waals surface area contributed by atoms with Crippen LogP contribution in [0.4, 0.5) is 13.2 Å². The van der Waals surface area contributed by atoms with Crippen molar-refractivity contribution in [3.8, 4) is 0 Å². The molecule has 0 bridgehead atoms. The van der Waals surface area contributed by atoms with Gasteiger partial charge in [-0.1, -0.05) is 34.6 Å². The fourth-order valence-electron chi connectivity index (χ4n) is 2.94. The number of rotatable bonds is 7. The van der Waals surface area contributed by atoms with Gasteiger partial charge in [0.2, 0.25) is 0 Å². The molecule has 0 aliphatic carbocycles. The van der Waals surface area contributed by atoms with Crippen LogP contribution in [0.2, 0.25) is 0 Å². The average molecular weight is 435 g/mol. The molecule has 0 aromatic heterocycles. The van der Waals surface area contributed by atoms with Crippen LogP contribution in [0, 0.1) is 13.8 Å². The van der Waals surface area contributed by atoms with Gasteiger partial charge >= 0.3 is 6.18 Å². The third-order valence-electron chi connectivity index (χ3n) is 4.52. The van der Waals surface area contributed by atoms with Crippen molar-refractivity contribution in [2.75, 3.05) is 14.2 Å². The van der Waals surface area contributed by atoms with Gasteiger partial charge in [-0.3, -0.25) is 4.79 Å². The standard InChI is InChI=1S/C22H24F3N3O3/c1-13-9-16(11-17(10-13)22(23,24)25)15(3)27-31-12-19-14(2)7-6-8-18(19)20(28-30-5)21(29)26-4/h6-11H,12H2,1-5H3,(H,26,29)/b27-15+,28-20+. The van der Waals surface area contributed by atoms with Gasteiger partial charge in [-0.2, -0.15) is 13.2 Å². The second-order valence-electron chi connectivity index (χ2n) is 6.84. The Morgan fingerprint density at radius 1 is 1.13 bits per heavy atom. The molecule has 0 aliphatic rings. The summed E-state index contributed by atoms with van der Waals surface area (Å²) in [4.78, 5) is 22.4. The van der Waals surface area contributed by atoms with Crippen molar-refractivity contribution in [2.45, 2.75) is 33.6 Å². The third-order valence-corrected chi connectivity index (χ3v) is 4.52. The zero-order valence-electron chi connectivity index (χ0n) is 17.9. The van der Waals surface area contributed by atoms with E-state index in [-0.39, 0.29) is 12.3 Å². The highest BCUT2D eigenvalue weighted by atomic mass is 19.4. The van der Waals surface area contributed by atoms with Crippen molar-refractivity contribution >= 4 is 17.3 Å². The van der Waals surface area contributed by atoms with Crippen LogP contribution in [0.3, 0.4) is 0 Å². The highest BCUT2D eigenvalue weighted by molar-refractivity contribution is 6.45.